The van der Waals surface area contributed by atoms with Crippen molar-refractivity contribution in [3.63, 3.8) is 0 Å². The Morgan fingerprint density at radius 3 is 2.40 bits per heavy atom. The smallest absolute Gasteiger partial charge is 0.403 e. The van der Waals surface area contributed by atoms with E-state index in [4.69, 9.17) is 0 Å². The Labute approximate surface area is 89.5 Å². The molecule has 15 heavy (non-hydrogen) atoms. The molecule has 1 aromatic carbocycles. The fraction of sp³-hybridized carbons (Fsp3) is 0.333. The molecular weight excluding hydrogens is 232 g/mol. The van der Waals surface area contributed by atoms with E-state index in [2.05, 4.69) is 17.4 Å². The SMILES string of the molecule is CC(S)c1ccc(F)c(OC(F)(F)F)c1. The summed E-state index contributed by atoms with van der Waals surface area (Å²) >= 11 is 4.02. The topological polar surface area (TPSA) is 9.23 Å². The fourth-order valence-corrected chi connectivity index (χ4v) is 1.14. The molecule has 1 atom stereocenters. The van der Waals surface area contributed by atoms with Crippen LogP contribution in [0.3, 0.4) is 0 Å². The van der Waals surface area contributed by atoms with Crippen molar-refractivity contribution in [2.75, 3.05) is 0 Å². The van der Waals surface area contributed by atoms with Gasteiger partial charge in [0.15, 0.2) is 11.6 Å². The molecule has 0 aliphatic heterocycles. The minimum absolute atomic E-state index is 0.291. The summed E-state index contributed by atoms with van der Waals surface area (Å²) in [6.07, 6.45) is -4.89. The van der Waals surface area contributed by atoms with Gasteiger partial charge in [0.2, 0.25) is 0 Å². The summed E-state index contributed by atoms with van der Waals surface area (Å²) in [4.78, 5) is 0. The number of hydrogen-bond donors (Lipinski definition) is 1. The minimum atomic E-state index is -4.89. The summed E-state index contributed by atoms with van der Waals surface area (Å²) in [6, 6.07) is 3.26. The molecule has 0 fully saturated rings. The lowest BCUT2D eigenvalue weighted by Crippen LogP contribution is -2.18. The molecule has 0 saturated heterocycles. The van der Waals surface area contributed by atoms with E-state index in [0.29, 0.717) is 5.56 Å². The van der Waals surface area contributed by atoms with E-state index < -0.39 is 17.9 Å². The second kappa shape index (κ2) is 4.30. The maximum absolute atomic E-state index is 12.9. The normalized spacial score (nSPS) is 13.7. The molecule has 0 aliphatic rings. The third kappa shape index (κ3) is 3.62. The highest BCUT2D eigenvalue weighted by molar-refractivity contribution is 7.80. The maximum atomic E-state index is 12.9. The van der Waals surface area contributed by atoms with Gasteiger partial charge >= 0.3 is 6.36 Å². The first-order valence-corrected chi connectivity index (χ1v) is 4.54. The van der Waals surface area contributed by atoms with Gasteiger partial charge in [-0.1, -0.05) is 6.07 Å². The van der Waals surface area contributed by atoms with Crippen LogP contribution in [-0.4, -0.2) is 6.36 Å². The van der Waals surface area contributed by atoms with Crippen LogP contribution in [0.1, 0.15) is 17.7 Å². The Morgan fingerprint density at radius 1 is 1.33 bits per heavy atom. The lowest BCUT2D eigenvalue weighted by molar-refractivity contribution is -0.275. The second-order valence-corrected chi connectivity index (χ2v) is 3.69. The van der Waals surface area contributed by atoms with Gasteiger partial charge in [0, 0.05) is 5.25 Å². The molecule has 0 N–H and O–H groups in total. The average Bonchev–Trinajstić information content (AvgIpc) is 2.06. The first-order chi connectivity index (χ1) is 6.79. The van der Waals surface area contributed by atoms with Gasteiger partial charge in [-0.15, -0.1) is 13.2 Å². The summed E-state index contributed by atoms with van der Waals surface area (Å²) in [5, 5.41) is -0.291. The molecule has 0 amide bonds. The van der Waals surface area contributed by atoms with Crippen molar-refractivity contribution in [3.05, 3.63) is 29.6 Å². The number of alkyl halides is 3. The van der Waals surface area contributed by atoms with E-state index >= 15 is 0 Å². The Bertz CT molecular complexity index is 348. The molecule has 0 bridgehead atoms. The van der Waals surface area contributed by atoms with Crippen LogP contribution in [0.25, 0.3) is 0 Å². The summed E-state index contributed by atoms with van der Waals surface area (Å²) in [7, 11) is 0. The minimum Gasteiger partial charge on any atom is -0.403 e. The monoisotopic (exact) mass is 240 g/mol. The number of benzene rings is 1. The molecule has 0 aliphatic carbocycles. The molecule has 0 saturated carbocycles. The number of rotatable bonds is 2. The lowest BCUT2D eigenvalue weighted by Gasteiger charge is -2.12. The van der Waals surface area contributed by atoms with Crippen LogP contribution in [0, 0.1) is 5.82 Å². The van der Waals surface area contributed by atoms with Gasteiger partial charge in [-0.2, -0.15) is 12.6 Å². The Morgan fingerprint density at radius 2 is 1.93 bits per heavy atom. The number of hydrogen-bond acceptors (Lipinski definition) is 2. The van der Waals surface area contributed by atoms with E-state index in [9.17, 15) is 17.6 Å². The van der Waals surface area contributed by atoms with Crippen LogP contribution in [0.5, 0.6) is 5.75 Å². The van der Waals surface area contributed by atoms with Crippen molar-refractivity contribution >= 4 is 12.6 Å². The van der Waals surface area contributed by atoms with Crippen molar-refractivity contribution in [1.82, 2.24) is 0 Å². The zero-order chi connectivity index (χ0) is 11.6. The van der Waals surface area contributed by atoms with Crippen molar-refractivity contribution in [3.8, 4) is 5.75 Å². The van der Waals surface area contributed by atoms with E-state index in [1.54, 1.807) is 6.92 Å². The predicted octanol–water partition coefficient (Wildman–Crippen LogP) is 3.72. The third-order valence-electron chi connectivity index (χ3n) is 1.66. The van der Waals surface area contributed by atoms with Gasteiger partial charge in [-0.25, -0.2) is 4.39 Å². The third-order valence-corrected chi connectivity index (χ3v) is 1.96. The molecule has 1 nitrogen and oxygen atoms in total. The van der Waals surface area contributed by atoms with E-state index in [-0.39, 0.29) is 5.25 Å². The van der Waals surface area contributed by atoms with Gasteiger partial charge in [0.25, 0.3) is 0 Å². The Balaban J connectivity index is 3.01. The van der Waals surface area contributed by atoms with Crippen molar-refractivity contribution in [2.24, 2.45) is 0 Å². The average molecular weight is 240 g/mol. The molecule has 0 spiro atoms. The highest BCUT2D eigenvalue weighted by atomic mass is 32.1. The first-order valence-electron chi connectivity index (χ1n) is 4.03. The van der Waals surface area contributed by atoms with Crippen molar-refractivity contribution in [1.29, 1.82) is 0 Å². The van der Waals surface area contributed by atoms with Gasteiger partial charge in [-0.3, -0.25) is 0 Å². The molecule has 6 heteroatoms. The van der Waals surface area contributed by atoms with Crippen LogP contribution in [-0.2, 0) is 0 Å². The second-order valence-electron chi connectivity index (χ2n) is 2.91. The van der Waals surface area contributed by atoms with Gasteiger partial charge < -0.3 is 4.74 Å². The van der Waals surface area contributed by atoms with Crippen LogP contribution in [0.4, 0.5) is 17.6 Å². The number of ether oxygens (including phenoxy) is 1. The zero-order valence-electron chi connectivity index (χ0n) is 7.68. The molecule has 84 valence electrons. The number of halogens is 4. The fourth-order valence-electron chi connectivity index (χ4n) is 0.983. The van der Waals surface area contributed by atoms with E-state index in [1.165, 1.54) is 6.07 Å². The van der Waals surface area contributed by atoms with Crippen LogP contribution in [0.2, 0.25) is 0 Å². The largest absolute Gasteiger partial charge is 0.573 e. The molecule has 1 aromatic rings. The molecule has 1 unspecified atom stereocenters. The Hall–Kier alpha value is -0.910. The standard InChI is InChI=1S/C9H8F4OS/c1-5(15)6-2-3-7(10)8(4-6)14-9(11,12)13/h2-5,15H,1H3. The molecule has 1 rings (SSSR count). The first kappa shape index (κ1) is 12.2. The lowest BCUT2D eigenvalue weighted by atomic mass is 10.1. The maximum Gasteiger partial charge on any atom is 0.573 e. The highest BCUT2D eigenvalue weighted by Gasteiger charge is 2.32. The molecule has 0 heterocycles. The molecular formula is C9H8F4OS. The summed E-state index contributed by atoms with van der Waals surface area (Å²) < 4.78 is 52.0. The summed E-state index contributed by atoms with van der Waals surface area (Å²) in [5.74, 6) is -1.88. The van der Waals surface area contributed by atoms with Gasteiger partial charge in [0.1, 0.15) is 0 Å². The van der Waals surface area contributed by atoms with E-state index in [0.717, 1.165) is 12.1 Å². The highest BCUT2D eigenvalue weighted by Crippen LogP contribution is 2.29. The van der Waals surface area contributed by atoms with E-state index in [1.807, 2.05) is 0 Å². The zero-order valence-corrected chi connectivity index (χ0v) is 8.57. The summed E-state index contributed by atoms with van der Waals surface area (Å²) in [6.45, 7) is 1.66. The van der Waals surface area contributed by atoms with Crippen LogP contribution < -0.4 is 4.74 Å². The van der Waals surface area contributed by atoms with Crippen LogP contribution >= 0.6 is 12.6 Å². The van der Waals surface area contributed by atoms with Gasteiger partial charge in [0.05, 0.1) is 0 Å². The Kier molecular flexibility index (Phi) is 3.49. The van der Waals surface area contributed by atoms with Crippen molar-refractivity contribution in [2.45, 2.75) is 18.5 Å². The molecule has 0 aromatic heterocycles. The number of thiol groups is 1. The quantitative estimate of drug-likeness (QED) is 0.612. The van der Waals surface area contributed by atoms with Gasteiger partial charge in [-0.05, 0) is 24.6 Å². The summed E-state index contributed by atoms with van der Waals surface area (Å²) in [5.41, 5.74) is 0.457. The molecule has 0 radical (unpaired) electrons. The predicted molar refractivity (Wildman–Crippen MR) is 50.5 cm³/mol. The van der Waals surface area contributed by atoms with Crippen molar-refractivity contribution < 1.29 is 22.3 Å². The van der Waals surface area contributed by atoms with Crippen LogP contribution in [0.15, 0.2) is 18.2 Å².